The molecule has 1 aromatic heterocycles. The zero-order valence-electron chi connectivity index (χ0n) is 14.6. The smallest absolute Gasteiger partial charge is 0.245 e. The predicted molar refractivity (Wildman–Crippen MR) is 103 cm³/mol. The number of rotatable bonds is 4. The van der Waals surface area contributed by atoms with Crippen molar-refractivity contribution in [3.05, 3.63) is 101 Å². The maximum absolute atomic E-state index is 6.01. The van der Waals surface area contributed by atoms with E-state index in [0.29, 0.717) is 0 Å². The number of hydrogen-bond acceptors (Lipinski definition) is 0. The first kappa shape index (κ1) is 18.5. The van der Waals surface area contributed by atoms with Crippen LogP contribution in [0.4, 0.5) is 0 Å². The van der Waals surface area contributed by atoms with Gasteiger partial charge in [-0.2, -0.15) is 0 Å². The molecule has 0 saturated heterocycles. The minimum absolute atomic E-state index is 0. The van der Waals surface area contributed by atoms with Crippen LogP contribution in [0.1, 0.15) is 16.7 Å². The van der Waals surface area contributed by atoms with E-state index in [1.807, 2.05) is 12.1 Å². The van der Waals surface area contributed by atoms with Gasteiger partial charge in [0.2, 0.25) is 6.33 Å². The third kappa shape index (κ3) is 3.92. The fourth-order valence-electron chi connectivity index (χ4n) is 3.29. The first-order valence-electron chi connectivity index (χ1n) is 8.46. The van der Waals surface area contributed by atoms with Crippen LogP contribution in [0.2, 0.25) is 5.02 Å². The minimum Gasteiger partial charge on any atom is -1.00 e. The van der Waals surface area contributed by atoms with Crippen molar-refractivity contribution in [2.45, 2.75) is 20.0 Å². The second kappa shape index (κ2) is 7.94. The monoisotopic (exact) mass is 382 g/mol. The van der Waals surface area contributed by atoms with Crippen molar-refractivity contribution in [2.24, 2.45) is 0 Å². The van der Waals surface area contributed by atoms with E-state index in [-0.39, 0.29) is 12.4 Å². The topological polar surface area (TPSA) is 8.81 Å². The lowest BCUT2D eigenvalue weighted by Gasteiger charge is -2.00. The van der Waals surface area contributed by atoms with Crippen LogP contribution in [0.15, 0.2) is 79.1 Å². The molecule has 4 rings (SSSR count). The Balaban J connectivity index is 0.00000196. The molecule has 0 fully saturated rings. The summed E-state index contributed by atoms with van der Waals surface area (Å²) in [6.07, 6.45) is 2.21. The number of fused-ring (bicyclic) bond motifs is 1. The summed E-state index contributed by atoms with van der Waals surface area (Å²) >= 11 is 6.01. The molecule has 4 heteroatoms. The van der Waals surface area contributed by atoms with Gasteiger partial charge in [0.05, 0.1) is 0 Å². The molecule has 4 aromatic rings. The molecule has 0 N–H and O–H groups in total. The number of benzene rings is 3. The standard InChI is InChI=1S/C22H20ClN2.ClH/c1-17-5-4-6-19(13-17)15-25-16-24(21-7-2-3-8-22(21)25)14-18-9-11-20(23)12-10-18;/h2-13,16H,14-15H2,1H3;1H/q+1;/p-1. The van der Waals surface area contributed by atoms with Crippen molar-refractivity contribution in [3.63, 3.8) is 0 Å². The van der Waals surface area contributed by atoms with E-state index >= 15 is 0 Å². The molecule has 0 radical (unpaired) electrons. The van der Waals surface area contributed by atoms with Gasteiger partial charge >= 0.3 is 0 Å². The Kier molecular flexibility index (Phi) is 5.65. The lowest BCUT2D eigenvalue weighted by molar-refractivity contribution is -0.663. The summed E-state index contributed by atoms with van der Waals surface area (Å²) in [5.41, 5.74) is 6.35. The Morgan fingerprint density at radius 3 is 2.42 bits per heavy atom. The van der Waals surface area contributed by atoms with Gasteiger partial charge in [0.25, 0.3) is 0 Å². The van der Waals surface area contributed by atoms with Crippen LogP contribution in [-0.2, 0) is 13.1 Å². The first-order chi connectivity index (χ1) is 12.2. The van der Waals surface area contributed by atoms with Crippen LogP contribution in [0.25, 0.3) is 11.0 Å². The van der Waals surface area contributed by atoms with E-state index in [4.69, 9.17) is 11.6 Å². The van der Waals surface area contributed by atoms with Gasteiger partial charge in [-0.1, -0.05) is 65.7 Å². The van der Waals surface area contributed by atoms with Gasteiger partial charge in [0, 0.05) is 5.02 Å². The van der Waals surface area contributed by atoms with E-state index in [2.05, 4.69) is 83.0 Å². The zero-order chi connectivity index (χ0) is 17.2. The fourth-order valence-corrected chi connectivity index (χ4v) is 3.41. The highest BCUT2D eigenvalue weighted by atomic mass is 35.5. The first-order valence-corrected chi connectivity index (χ1v) is 8.84. The lowest BCUT2D eigenvalue weighted by atomic mass is 10.1. The second-order valence-corrected chi connectivity index (χ2v) is 6.91. The largest absolute Gasteiger partial charge is 1.00 e. The summed E-state index contributed by atoms with van der Waals surface area (Å²) in [7, 11) is 0. The van der Waals surface area contributed by atoms with Gasteiger partial charge in [-0.15, -0.1) is 0 Å². The molecule has 0 unspecified atom stereocenters. The van der Waals surface area contributed by atoms with E-state index in [1.54, 1.807) is 0 Å². The minimum atomic E-state index is 0. The summed E-state index contributed by atoms with van der Waals surface area (Å²) in [6, 6.07) is 25.3. The molecular formula is C22H20Cl2N2. The normalized spacial score (nSPS) is 10.7. The second-order valence-electron chi connectivity index (χ2n) is 6.48. The van der Waals surface area contributed by atoms with Crippen LogP contribution in [0.5, 0.6) is 0 Å². The van der Waals surface area contributed by atoms with E-state index in [1.165, 1.54) is 27.7 Å². The van der Waals surface area contributed by atoms with Gasteiger partial charge in [-0.3, -0.25) is 0 Å². The summed E-state index contributed by atoms with van der Waals surface area (Å²) in [4.78, 5) is 0. The zero-order valence-corrected chi connectivity index (χ0v) is 16.1. The molecule has 26 heavy (non-hydrogen) atoms. The number of halogens is 2. The molecule has 0 aliphatic rings. The van der Waals surface area contributed by atoms with Gasteiger partial charge < -0.3 is 12.4 Å². The fraction of sp³-hybridized carbons (Fsp3) is 0.136. The van der Waals surface area contributed by atoms with Crippen LogP contribution in [0, 0.1) is 6.92 Å². The van der Waals surface area contributed by atoms with Gasteiger partial charge in [-0.25, -0.2) is 9.13 Å². The summed E-state index contributed by atoms with van der Waals surface area (Å²) in [6.45, 7) is 3.84. The van der Waals surface area contributed by atoms with Gasteiger partial charge in [0.15, 0.2) is 11.0 Å². The third-order valence-corrected chi connectivity index (χ3v) is 4.73. The average molecular weight is 383 g/mol. The van der Waals surface area contributed by atoms with Crippen molar-refractivity contribution in [1.82, 2.24) is 4.57 Å². The van der Waals surface area contributed by atoms with Gasteiger partial charge in [-0.05, 0) is 42.3 Å². The van der Waals surface area contributed by atoms with E-state index in [0.717, 1.165) is 18.1 Å². The van der Waals surface area contributed by atoms with E-state index in [9.17, 15) is 0 Å². The average Bonchev–Trinajstić information content (AvgIpc) is 2.95. The SMILES string of the molecule is Cc1cccc(C[n+]2cn(Cc3ccc(Cl)cc3)c3ccccc32)c1.[Cl-]. The highest BCUT2D eigenvalue weighted by Gasteiger charge is 2.15. The highest BCUT2D eigenvalue weighted by Crippen LogP contribution is 2.16. The molecular weight excluding hydrogens is 363 g/mol. The predicted octanol–water partition coefficient (Wildman–Crippen LogP) is 1.99. The number of aryl methyl sites for hydroxylation is 1. The van der Waals surface area contributed by atoms with Crippen LogP contribution in [-0.4, -0.2) is 4.57 Å². The van der Waals surface area contributed by atoms with Crippen molar-refractivity contribution >= 4 is 22.6 Å². The maximum Gasteiger partial charge on any atom is 0.245 e. The molecule has 0 aliphatic heterocycles. The Morgan fingerprint density at radius 1 is 0.885 bits per heavy atom. The van der Waals surface area contributed by atoms with E-state index < -0.39 is 0 Å². The molecule has 0 bridgehead atoms. The molecule has 0 amide bonds. The highest BCUT2D eigenvalue weighted by molar-refractivity contribution is 6.30. The van der Waals surface area contributed by atoms with Crippen molar-refractivity contribution in [3.8, 4) is 0 Å². The number of hydrogen-bond donors (Lipinski definition) is 0. The Hall–Kier alpha value is -2.29. The molecule has 0 spiro atoms. The lowest BCUT2D eigenvalue weighted by Crippen LogP contribution is -3.00. The van der Waals surface area contributed by atoms with Gasteiger partial charge in [0.1, 0.15) is 13.1 Å². The molecule has 0 atom stereocenters. The van der Waals surface area contributed by atoms with Crippen LogP contribution in [0.3, 0.4) is 0 Å². The Labute approximate surface area is 165 Å². The summed E-state index contributed by atoms with van der Waals surface area (Å²) < 4.78 is 4.62. The third-order valence-electron chi connectivity index (χ3n) is 4.48. The van der Waals surface area contributed by atoms with Crippen LogP contribution >= 0.6 is 11.6 Å². The molecule has 132 valence electrons. The number of para-hydroxylation sites is 2. The molecule has 0 aliphatic carbocycles. The van der Waals surface area contributed by atoms with Crippen molar-refractivity contribution in [1.29, 1.82) is 0 Å². The number of aromatic nitrogens is 2. The summed E-state index contributed by atoms with van der Waals surface area (Å²) in [5, 5.41) is 0.774. The molecule has 0 saturated carbocycles. The number of imidazole rings is 1. The number of nitrogens with zero attached hydrogens (tertiary/aromatic N) is 2. The summed E-state index contributed by atoms with van der Waals surface area (Å²) in [5.74, 6) is 0. The molecule has 3 aromatic carbocycles. The Bertz CT molecular complexity index is 1020. The quantitative estimate of drug-likeness (QED) is 0.477. The van der Waals surface area contributed by atoms with Crippen molar-refractivity contribution < 1.29 is 17.0 Å². The van der Waals surface area contributed by atoms with Crippen molar-refractivity contribution in [2.75, 3.05) is 0 Å². The molecule has 2 nitrogen and oxygen atoms in total. The van der Waals surface area contributed by atoms with Crippen LogP contribution < -0.4 is 17.0 Å². The maximum atomic E-state index is 6.01. The Morgan fingerprint density at radius 2 is 1.65 bits per heavy atom. The molecule has 1 heterocycles.